The first kappa shape index (κ1) is 15.0. The Morgan fingerprint density at radius 1 is 0.818 bits per heavy atom. The number of ether oxygens (including phenoxy) is 2. The summed E-state index contributed by atoms with van der Waals surface area (Å²) >= 11 is 0. The van der Waals surface area contributed by atoms with Gasteiger partial charge in [0.15, 0.2) is 0 Å². The molecule has 0 amide bonds. The van der Waals surface area contributed by atoms with Crippen molar-refractivity contribution < 1.29 is 9.47 Å². The molecule has 0 bridgehead atoms. The van der Waals surface area contributed by atoms with Crippen LogP contribution < -0.4 is 0 Å². The summed E-state index contributed by atoms with van der Waals surface area (Å²) in [5.74, 6) is 0. The highest BCUT2D eigenvalue weighted by Gasteiger charge is 2.07. The summed E-state index contributed by atoms with van der Waals surface area (Å²) in [7, 11) is 0. The average Bonchev–Trinajstić information content (AvgIpc) is 2.53. The van der Waals surface area contributed by atoms with Gasteiger partial charge in [0.05, 0.1) is 25.9 Å². The van der Waals surface area contributed by atoms with Gasteiger partial charge < -0.3 is 9.47 Å². The van der Waals surface area contributed by atoms with E-state index in [1.807, 2.05) is 13.8 Å². The Balaban J connectivity index is 1.88. The second kappa shape index (κ2) is 6.91. The van der Waals surface area contributed by atoms with Crippen LogP contribution in [0.2, 0.25) is 0 Å². The van der Waals surface area contributed by atoms with Gasteiger partial charge in [0.2, 0.25) is 0 Å². The SMILES string of the molecule is CC(C)OCCOCc1c2ccccc2cc2ccccc12. The molecule has 0 saturated heterocycles. The first-order valence-electron chi connectivity index (χ1n) is 7.84. The molecule has 0 heterocycles. The van der Waals surface area contributed by atoms with Crippen LogP contribution in [0.1, 0.15) is 19.4 Å². The van der Waals surface area contributed by atoms with Gasteiger partial charge in [0.1, 0.15) is 0 Å². The maximum Gasteiger partial charge on any atom is 0.0730 e. The van der Waals surface area contributed by atoms with Crippen LogP contribution >= 0.6 is 0 Å². The van der Waals surface area contributed by atoms with Crippen molar-refractivity contribution in [2.75, 3.05) is 13.2 Å². The van der Waals surface area contributed by atoms with Gasteiger partial charge in [-0.15, -0.1) is 0 Å². The van der Waals surface area contributed by atoms with Crippen LogP contribution in [0.25, 0.3) is 21.5 Å². The molecule has 0 aliphatic heterocycles. The molecule has 0 atom stereocenters. The van der Waals surface area contributed by atoms with Crippen LogP contribution in [0.15, 0.2) is 54.6 Å². The van der Waals surface area contributed by atoms with E-state index < -0.39 is 0 Å². The minimum absolute atomic E-state index is 0.252. The summed E-state index contributed by atoms with van der Waals surface area (Å²) in [6, 6.07) is 19.2. The molecule has 0 radical (unpaired) electrons. The van der Waals surface area contributed by atoms with Gasteiger partial charge in [-0.2, -0.15) is 0 Å². The van der Waals surface area contributed by atoms with Crippen molar-refractivity contribution in [3.8, 4) is 0 Å². The van der Waals surface area contributed by atoms with E-state index in [1.54, 1.807) is 0 Å². The number of hydrogen-bond donors (Lipinski definition) is 0. The molecule has 3 rings (SSSR count). The molecule has 0 spiro atoms. The Bertz CT molecular complexity index is 708. The van der Waals surface area contributed by atoms with Gasteiger partial charge in [-0.1, -0.05) is 48.5 Å². The predicted molar refractivity (Wildman–Crippen MR) is 92.2 cm³/mol. The Kier molecular flexibility index (Phi) is 4.71. The van der Waals surface area contributed by atoms with Crippen molar-refractivity contribution >= 4 is 21.5 Å². The molecular weight excluding hydrogens is 272 g/mol. The monoisotopic (exact) mass is 294 g/mol. The number of hydrogen-bond acceptors (Lipinski definition) is 2. The molecule has 2 heteroatoms. The quantitative estimate of drug-likeness (QED) is 0.474. The van der Waals surface area contributed by atoms with Crippen molar-refractivity contribution in [3.05, 3.63) is 60.2 Å². The molecular formula is C20H22O2. The van der Waals surface area contributed by atoms with E-state index in [-0.39, 0.29) is 6.10 Å². The molecule has 3 aromatic rings. The highest BCUT2D eigenvalue weighted by atomic mass is 16.5. The number of fused-ring (bicyclic) bond motifs is 2. The summed E-state index contributed by atoms with van der Waals surface area (Å²) in [6.07, 6.45) is 0.252. The van der Waals surface area contributed by atoms with Gasteiger partial charge in [-0.3, -0.25) is 0 Å². The zero-order chi connectivity index (χ0) is 15.4. The Morgan fingerprint density at radius 2 is 1.41 bits per heavy atom. The zero-order valence-corrected chi connectivity index (χ0v) is 13.2. The maximum absolute atomic E-state index is 5.86. The normalized spacial score (nSPS) is 11.6. The van der Waals surface area contributed by atoms with Crippen molar-refractivity contribution in [2.45, 2.75) is 26.6 Å². The largest absolute Gasteiger partial charge is 0.376 e. The summed E-state index contributed by atoms with van der Waals surface area (Å²) in [5, 5.41) is 5.06. The lowest BCUT2D eigenvalue weighted by molar-refractivity contribution is 0.0148. The molecule has 0 fully saturated rings. The smallest absolute Gasteiger partial charge is 0.0730 e. The summed E-state index contributed by atoms with van der Waals surface area (Å²) in [4.78, 5) is 0. The van der Waals surface area contributed by atoms with E-state index in [4.69, 9.17) is 9.47 Å². The van der Waals surface area contributed by atoms with Crippen molar-refractivity contribution in [1.82, 2.24) is 0 Å². The molecule has 0 saturated carbocycles. The standard InChI is InChI=1S/C20H22O2/c1-15(2)22-12-11-21-14-20-18-9-5-3-7-16(18)13-17-8-4-6-10-19(17)20/h3-10,13,15H,11-12,14H2,1-2H3. The Morgan fingerprint density at radius 3 is 2.00 bits per heavy atom. The van der Waals surface area contributed by atoms with E-state index in [2.05, 4.69) is 54.6 Å². The lowest BCUT2D eigenvalue weighted by Crippen LogP contribution is -2.09. The summed E-state index contributed by atoms with van der Waals surface area (Å²) in [5.41, 5.74) is 1.26. The van der Waals surface area contributed by atoms with Gasteiger partial charge in [0, 0.05) is 0 Å². The topological polar surface area (TPSA) is 18.5 Å². The molecule has 114 valence electrons. The third-order valence-corrected chi connectivity index (χ3v) is 3.81. The predicted octanol–water partition coefficient (Wildman–Crippen LogP) is 4.93. The van der Waals surface area contributed by atoms with Crippen LogP contribution in [0, 0.1) is 0 Å². The molecule has 22 heavy (non-hydrogen) atoms. The minimum Gasteiger partial charge on any atom is -0.376 e. The highest BCUT2D eigenvalue weighted by Crippen LogP contribution is 2.28. The van der Waals surface area contributed by atoms with Crippen molar-refractivity contribution in [3.63, 3.8) is 0 Å². The highest BCUT2D eigenvalue weighted by molar-refractivity contribution is 6.02. The zero-order valence-electron chi connectivity index (χ0n) is 13.2. The molecule has 2 nitrogen and oxygen atoms in total. The van der Waals surface area contributed by atoms with E-state index in [0.29, 0.717) is 19.8 Å². The molecule has 0 aliphatic carbocycles. The summed E-state index contributed by atoms with van der Waals surface area (Å²) in [6.45, 7) is 5.95. The fraction of sp³-hybridized carbons (Fsp3) is 0.300. The van der Waals surface area contributed by atoms with Gasteiger partial charge in [-0.05, 0) is 47.0 Å². The van der Waals surface area contributed by atoms with Crippen LogP contribution in [0.3, 0.4) is 0 Å². The molecule has 0 aliphatic rings. The molecule has 0 unspecified atom stereocenters. The fourth-order valence-electron chi connectivity index (χ4n) is 2.78. The van der Waals surface area contributed by atoms with Crippen LogP contribution in [-0.4, -0.2) is 19.3 Å². The van der Waals surface area contributed by atoms with Crippen LogP contribution in [0.5, 0.6) is 0 Å². The lowest BCUT2D eigenvalue weighted by atomic mass is 9.97. The van der Waals surface area contributed by atoms with Crippen molar-refractivity contribution in [1.29, 1.82) is 0 Å². The van der Waals surface area contributed by atoms with E-state index >= 15 is 0 Å². The number of benzene rings is 3. The van der Waals surface area contributed by atoms with Gasteiger partial charge >= 0.3 is 0 Å². The third-order valence-electron chi connectivity index (χ3n) is 3.81. The van der Waals surface area contributed by atoms with E-state index in [0.717, 1.165) is 0 Å². The first-order chi connectivity index (χ1) is 10.8. The van der Waals surface area contributed by atoms with Crippen LogP contribution in [0.4, 0.5) is 0 Å². The molecule has 3 aromatic carbocycles. The van der Waals surface area contributed by atoms with E-state index in [9.17, 15) is 0 Å². The second-order valence-corrected chi connectivity index (χ2v) is 5.77. The number of rotatable bonds is 6. The second-order valence-electron chi connectivity index (χ2n) is 5.77. The molecule has 0 aromatic heterocycles. The fourth-order valence-corrected chi connectivity index (χ4v) is 2.78. The van der Waals surface area contributed by atoms with Gasteiger partial charge in [0.25, 0.3) is 0 Å². The van der Waals surface area contributed by atoms with Crippen molar-refractivity contribution in [2.24, 2.45) is 0 Å². The van der Waals surface area contributed by atoms with Gasteiger partial charge in [-0.25, -0.2) is 0 Å². The third kappa shape index (κ3) is 3.29. The average molecular weight is 294 g/mol. The first-order valence-corrected chi connectivity index (χ1v) is 7.84. The molecule has 0 N–H and O–H groups in total. The van der Waals surface area contributed by atoms with Crippen LogP contribution in [-0.2, 0) is 16.1 Å². The Labute approximate surface area is 131 Å². The lowest BCUT2D eigenvalue weighted by Gasteiger charge is -2.13. The minimum atomic E-state index is 0.252. The summed E-state index contributed by atoms with van der Waals surface area (Å²) < 4.78 is 11.4. The van der Waals surface area contributed by atoms with E-state index in [1.165, 1.54) is 27.1 Å². The maximum atomic E-state index is 5.86. The Hall–Kier alpha value is -1.90.